The zero-order valence-corrected chi connectivity index (χ0v) is 16.6. The van der Waals surface area contributed by atoms with Crippen molar-refractivity contribution in [3.63, 3.8) is 0 Å². The third kappa shape index (κ3) is 4.19. The molecule has 0 atom stereocenters. The molecule has 3 rings (SSSR count). The van der Waals surface area contributed by atoms with Crippen LogP contribution in [0.5, 0.6) is 11.5 Å². The standard InChI is InChI=1S/C20H21O2PSe/c1-16-8-6-10-18(14-16)21-23(24,20-12-4-3-5-13-20)22-19-11-7-9-17(2)15-19/h3-15,23-24H,1-2H3. The molecule has 0 radical (unpaired) electrons. The predicted octanol–water partition coefficient (Wildman–Crippen LogP) is 4.48. The van der Waals surface area contributed by atoms with E-state index in [0.717, 1.165) is 16.8 Å². The van der Waals surface area contributed by atoms with Crippen molar-refractivity contribution >= 4 is 27.3 Å². The second-order valence-electron chi connectivity index (χ2n) is 5.78. The SMILES string of the molecule is Cc1cccc(O[PH]([SeH])(Oc2cccc(C)c2)c2ccccc2)c1. The van der Waals surface area contributed by atoms with Crippen LogP contribution >= 0.6 is 6.41 Å². The molecule has 3 aromatic rings. The van der Waals surface area contributed by atoms with Crippen molar-refractivity contribution < 1.29 is 9.05 Å². The molecule has 0 fully saturated rings. The molecule has 0 aliphatic rings. The maximum absolute atomic E-state index is 6.40. The van der Waals surface area contributed by atoms with Crippen LogP contribution in [0.4, 0.5) is 0 Å². The summed E-state index contributed by atoms with van der Waals surface area (Å²) in [4.78, 5) is 0. The van der Waals surface area contributed by atoms with Gasteiger partial charge in [-0.05, 0) is 0 Å². The number of hydrogen-bond donors (Lipinski definition) is 0. The van der Waals surface area contributed by atoms with Crippen LogP contribution in [-0.4, -0.2) is 15.6 Å². The van der Waals surface area contributed by atoms with Crippen molar-refractivity contribution in [3.8, 4) is 11.5 Å². The number of benzene rings is 3. The third-order valence-corrected chi connectivity index (χ3v) is 8.49. The Balaban J connectivity index is 1.97. The minimum absolute atomic E-state index is 0.832. The molecule has 0 unspecified atom stereocenters. The Morgan fingerprint density at radius 3 is 1.62 bits per heavy atom. The van der Waals surface area contributed by atoms with Gasteiger partial charge < -0.3 is 0 Å². The molecule has 24 heavy (non-hydrogen) atoms. The molecule has 2 nitrogen and oxygen atoms in total. The Hall–Kier alpha value is -1.79. The van der Waals surface area contributed by atoms with Crippen LogP contribution in [0.2, 0.25) is 0 Å². The average Bonchev–Trinajstić information content (AvgIpc) is 2.55. The van der Waals surface area contributed by atoms with Gasteiger partial charge in [0, 0.05) is 0 Å². The van der Waals surface area contributed by atoms with E-state index in [2.05, 4.69) is 53.7 Å². The second kappa shape index (κ2) is 7.40. The summed E-state index contributed by atoms with van der Waals surface area (Å²) < 4.78 is 12.8. The van der Waals surface area contributed by atoms with Crippen LogP contribution in [0, 0.1) is 13.8 Å². The Kier molecular flexibility index (Phi) is 5.26. The topological polar surface area (TPSA) is 18.5 Å². The molecule has 0 aliphatic carbocycles. The average molecular weight is 403 g/mol. The molecule has 124 valence electrons. The first-order valence-electron chi connectivity index (χ1n) is 7.84. The molecule has 0 aromatic heterocycles. The first kappa shape index (κ1) is 17.0. The van der Waals surface area contributed by atoms with Crippen LogP contribution in [0.25, 0.3) is 0 Å². The molecular weight excluding hydrogens is 382 g/mol. The van der Waals surface area contributed by atoms with Gasteiger partial charge in [0.2, 0.25) is 0 Å². The van der Waals surface area contributed by atoms with Gasteiger partial charge in [0.05, 0.1) is 0 Å². The fourth-order valence-corrected chi connectivity index (χ4v) is 6.51. The maximum atomic E-state index is 6.40. The molecule has 0 amide bonds. The van der Waals surface area contributed by atoms with Gasteiger partial charge >= 0.3 is 152 Å². The van der Waals surface area contributed by atoms with Gasteiger partial charge in [-0.25, -0.2) is 0 Å². The molecule has 0 saturated heterocycles. The Morgan fingerprint density at radius 1 is 0.667 bits per heavy atom. The van der Waals surface area contributed by atoms with Crippen molar-refractivity contribution in [2.24, 2.45) is 0 Å². The van der Waals surface area contributed by atoms with E-state index < -0.39 is 6.41 Å². The first-order chi connectivity index (χ1) is 11.5. The fraction of sp³-hybridized carbons (Fsp3) is 0.100. The first-order valence-corrected chi connectivity index (χ1v) is 12.4. The van der Waals surface area contributed by atoms with Crippen molar-refractivity contribution in [1.82, 2.24) is 0 Å². The summed E-state index contributed by atoms with van der Waals surface area (Å²) in [6, 6.07) is 26.3. The van der Waals surface area contributed by atoms with Gasteiger partial charge in [0.15, 0.2) is 0 Å². The van der Waals surface area contributed by atoms with E-state index in [-0.39, 0.29) is 0 Å². The van der Waals surface area contributed by atoms with E-state index in [1.54, 1.807) is 0 Å². The van der Waals surface area contributed by atoms with Gasteiger partial charge in [-0.15, -0.1) is 0 Å². The van der Waals surface area contributed by atoms with E-state index >= 15 is 0 Å². The molecule has 4 heteroatoms. The summed E-state index contributed by atoms with van der Waals surface area (Å²) in [7, 11) is 0. The Labute approximate surface area is 151 Å². The Morgan fingerprint density at radius 2 is 1.17 bits per heavy atom. The molecule has 0 spiro atoms. The number of hydrogen-bond acceptors (Lipinski definition) is 2. The van der Waals surface area contributed by atoms with Crippen molar-refractivity contribution in [2.45, 2.75) is 13.8 Å². The molecule has 3 aromatic carbocycles. The fourth-order valence-electron chi connectivity index (χ4n) is 2.46. The predicted molar refractivity (Wildman–Crippen MR) is 105 cm³/mol. The van der Waals surface area contributed by atoms with Gasteiger partial charge in [0.25, 0.3) is 0 Å². The zero-order valence-electron chi connectivity index (χ0n) is 13.8. The van der Waals surface area contributed by atoms with E-state index in [9.17, 15) is 0 Å². The minimum atomic E-state index is -2.72. The van der Waals surface area contributed by atoms with Crippen LogP contribution < -0.4 is 14.4 Å². The molecule has 0 saturated carbocycles. The van der Waals surface area contributed by atoms with E-state index in [1.807, 2.05) is 54.6 Å². The molecule has 0 aliphatic heterocycles. The Bertz CT molecular complexity index is 773. The monoisotopic (exact) mass is 404 g/mol. The van der Waals surface area contributed by atoms with Gasteiger partial charge in [0.1, 0.15) is 0 Å². The van der Waals surface area contributed by atoms with Crippen LogP contribution in [0.1, 0.15) is 11.1 Å². The third-order valence-electron chi connectivity index (χ3n) is 3.63. The molecule has 0 heterocycles. The summed E-state index contributed by atoms with van der Waals surface area (Å²) in [5, 5.41) is 1.08. The normalized spacial score (nSPS) is 11.8. The second-order valence-corrected chi connectivity index (χ2v) is 11.6. The summed E-state index contributed by atoms with van der Waals surface area (Å²) in [6.45, 7) is 4.12. The van der Waals surface area contributed by atoms with E-state index in [4.69, 9.17) is 9.05 Å². The number of rotatable bonds is 5. The van der Waals surface area contributed by atoms with Crippen molar-refractivity contribution in [2.75, 3.05) is 0 Å². The quantitative estimate of drug-likeness (QED) is 0.462. The summed E-state index contributed by atoms with van der Waals surface area (Å²) in [6.07, 6.45) is -2.72. The van der Waals surface area contributed by atoms with Crippen molar-refractivity contribution in [1.29, 1.82) is 0 Å². The summed E-state index contributed by atoms with van der Waals surface area (Å²) >= 11 is 2.66. The van der Waals surface area contributed by atoms with E-state index in [0.29, 0.717) is 0 Å². The zero-order chi connectivity index (χ0) is 17.0. The number of aryl methyl sites for hydroxylation is 2. The summed E-state index contributed by atoms with van der Waals surface area (Å²) in [5.41, 5.74) is 2.33. The van der Waals surface area contributed by atoms with Crippen LogP contribution in [0.3, 0.4) is 0 Å². The molecule has 0 bridgehead atoms. The van der Waals surface area contributed by atoms with Crippen LogP contribution in [-0.2, 0) is 0 Å². The summed E-state index contributed by atoms with van der Waals surface area (Å²) in [5.74, 6) is 1.66. The van der Waals surface area contributed by atoms with E-state index in [1.165, 1.54) is 11.1 Å². The molecule has 0 N–H and O–H groups in total. The van der Waals surface area contributed by atoms with Crippen LogP contribution in [0.15, 0.2) is 78.9 Å². The van der Waals surface area contributed by atoms with Crippen molar-refractivity contribution in [3.05, 3.63) is 90.0 Å². The van der Waals surface area contributed by atoms with Gasteiger partial charge in [-0.3, -0.25) is 0 Å². The molecular formula is C20H21O2PSe. The van der Waals surface area contributed by atoms with Gasteiger partial charge in [-0.1, -0.05) is 0 Å². The van der Waals surface area contributed by atoms with Gasteiger partial charge in [-0.2, -0.15) is 0 Å².